The zero-order valence-electron chi connectivity index (χ0n) is 12.8. The third kappa shape index (κ3) is 4.80. The van der Waals surface area contributed by atoms with E-state index in [-0.39, 0.29) is 23.6 Å². The summed E-state index contributed by atoms with van der Waals surface area (Å²) in [5.41, 5.74) is 3.15. The Hall–Kier alpha value is -3.42. The summed E-state index contributed by atoms with van der Waals surface area (Å²) in [6, 6.07) is 10.7. The second-order valence-electron chi connectivity index (χ2n) is 4.90. The molecule has 0 radical (unpaired) electrons. The number of amides is 1. The highest BCUT2D eigenvalue weighted by atomic mass is 16.6. The highest BCUT2D eigenvalue weighted by Gasteiger charge is 2.09. The van der Waals surface area contributed by atoms with Crippen LogP contribution in [0.3, 0.4) is 0 Å². The minimum Gasteiger partial charge on any atom is -0.507 e. The van der Waals surface area contributed by atoms with E-state index in [0.29, 0.717) is 5.75 Å². The molecular weight excluding hydrogens is 314 g/mol. The highest BCUT2D eigenvalue weighted by molar-refractivity contribution is 5.86. The second kappa shape index (κ2) is 7.73. The maximum Gasteiger partial charge on any atom is 0.277 e. The standard InChI is InChI=1S/C16H15N3O5/c1-11-3-2-4-14(7-11)24-10-16(21)18-17-9-12-8-13(19(22)23)5-6-15(12)20/h2-9,20H,10H2,1H3,(H,18,21)/b17-9-. The fourth-order valence-electron chi connectivity index (χ4n) is 1.82. The number of hydrogen-bond acceptors (Lipinski definition) is 6. The lowest BCUT2D eigenvalue weighted by molar-refractivity contribution is -0.384. The zero-order chi connectivity index (χ0) is 17.5. The number of ether oxygens (including phenoxy) is 1. The number of nitrogens with one attached hydrogen (secondary N) is 1. The number of rotatable bonds is 6. The number of phenols is 1. The van der Waals surface area contributed by atoms with Crippen LogP contribution in [0.25, 0.3) is 0 Å². The number of non-ortho nitro benzene ring substituents is 1. The number of nitro benzene ring substituents is 1. The van der Waals surface area contributed by atoms with Gasteiger partial charge < -0.3 is 9.84 Å². The third-order valence-corrected chi connectivity index (χ3v) is 2.97. The van der Waals surface area contributed by atoms with Gasteiger partial charge in [-0.15, -0.1) is 0 Å². The highest BCUT2D eigenvalue weighted by Crippen LogP contribution is 2.21. The molecule has 124 valence electrons. The number of carbonyl (C=O) groups excluding carboxylic acids is 1. The molecule has 0 aliphatic rings. The Balaban J connectivity index is 1.90. The van der Waals surface area contributed by atoms with Crippen LogP contribution in [0.2, 0.25) is 0 Å². The Morgan fingerprint density at radius 3 is 2.88 bits per heavy atom. The zero-order valence-corrected chi connectivity index (χ0v) is 12.8. The van der Waals surface area contributed by atoms with Crippen molar-refractivity contribution < 1.29 is 19.6 Å². The molecule has 0 atom stereocenters. The number of nitrogens with zero attached hydrogens (tertiary/aromatic N) is 2. The number of hydrogen-bond donors (Lipinski definition) is 2. The van der Waals surface area contributed by atoms with Gasteiger partial charge in [0.25, 0.3) is 11.6 Å². The first kappa shape index (κ1) is 16.9. The van der Waals surface area contributed by atoms with Crippen molar-refractivity contribution in [3.63, 3.8) is 0 Å². The van der Waals surface area contributed by atoms with Gasteiger partial charge in [0, 0.05) is 17.7 Å². The van der Waals surface area contributed by atoms with Crippen molar-refractivity contribution in [3.05, 3.63) is 63.7 Å². The second-order valence-corrected chi connectivity index (χ2v) is 4.90. The van der Waals surface area contributed by atoms with E-state index in [0.717, 1.165) is 17.8 Å². The van der Waals surface area contributed by atoms with Crippen LogP contribution in [0.1, 0.15) is 11.1 Å². The number of aryl methyl sites for hydroxylation is 1. The summed E-state index contributed by atoms with van der Waals surface area (Å²) in [7, 11) is 0. The van der Waals surface area contributed by atoms with Gasteiger partial charge in [-0.1, -0.05) is 12.1 Å². The Labute approximate surface area is 137 Å². The van der Waals surface area contributed by atoms with Gasteiger partial charge in [-0.05, 0) is 30.7 Å². The summed E-state index contributed by atoms with van der Waals surface area (Å²) in [4.78, 5) is 21.7. The summed E-state index contributed by atoms with van der Waals surface area (Å²) < 4.78 is 5.30. The van der Waals surface area contributed by atoms with Crippen LogP contribution in [0.5, 0.6) is 11.5 Å². The number of hydrazone groups is 1. The van der Waals surface area contributed by atoms with Crippen LogP contribution in [0, 0.1) is 17.0 Å². The predicted octanol–water partition coefficient (Wildman–Crippen LogP) is 2.14. The normalized spacial score (nSPS) is 10.5. The fraction of sp³-hybridized carbons (Fsp3) is 0.125. The average molecular weight is 329 g/mol. The lowest BCUT2D eigenvalue weighted by atomic mass is 10.2. The molecule has 0 aliphatic heterocycles. The number of nitro groups is 1. The first-order valence-electron chi connectivity index (χ1n) is 6.94. The van der Waals surface area contributed by atoms with E-state index < -0.39 is 10.8 Å². The smallest absolute Gasteiger partial charge is 0.277 e. The Kier molecular flexibility index (Phi) is 5.45. The molecule has 0 heterocycles. The molecule has 0 saturated carbocycles. The Morgan fingerprint density at radius 1 is 1.38 bits per heavy atom. The molecule has 0 fully saturated rings. The minimum atomic E-state index is -0.592. The molecule has 0 bridgehead atoms. The molecule has 0 aliphatic carbocycles. The molecule has 2 aromatic rings. The van der Waals surface area contributed by atoms with Crippen LogP contribution >= 0.6 is 0 Å². The van der Waals surface area contributed by atoms with Gasteiger partial charge in [-0.3, -0.25) is 14.9 Å². The monoisotopic (exact) mass is 329 g/mol. The van der Waals surface area contributed by atoms with E-state index in [1.54, 1.807) is 12.1 Å². The molecule has 0 saturated heterocycles. The van der Waals surface area contributed by atoms with Crippen LogP contribution < -0.4 is 10.2 Å². The molecule has 8 heteroatoms. The molecular formula is C16H15N3O5. The van der Waals surface area contributed by atoms with Crippen molar-refractivity contribution in [2.24, 2.45) is 5.10 Å². The van der Waals surface area contributed by atoms with Gasteiger partial charge in [0.15, 0.2) is 6.61 Å². The number of aromatic hydroxyl groups is 1. The van der Waals surface area contributed by atoms with Crippen LogP contribution in [-0.2, 0) is 4.79 Å². The van der Waals surface area contributed by atoms with Crippen LogP contribution in [0.15, 0.2) is 47.6 Å². The van der Waals surface area contributed by atoms with Crippen molar-refractivity contribution >= 4 is 17.8 Å². The van der Waals surface area contributed by atoms with Crippen molar-refractivity contribution in [3.8, 4) is 11.5 Å². The molecule has 2 aromatic carbocycles. The molecule has 24 heavy (non-hydrogen) atoms. The lowest BCUT2D eigenvalue weighted by Gasteiger charge is -2.05. The van der Waals surface area contributed by atoms with E-state index in [9.17, 15) is 20.0 Å². The van der Waals surface area contributed by atoms with Crippen LogP contribution in [0.4, 0.5) is 5.69 Å². The quantitative estimate of drug-likeness (QED) is 0.479. The molecule has 0 spiro atoms. The summed E-state index contributed by atoms with van der Waals surface area (Å²) in [5, 5.41) is 23.9. The molecule has 0 aromatic heterocycles. The summed E-state index contributed by atoms with van der Waals surface area (Å²) in [6.07, 6.45) is 1.12. The van der Waals surface area contributed by atoms with Crippen molar-refractivity contribution in [2.45, 2.75) is 6.92 Å². The number of benzene rings is 2. The molecule has 8 nitrogen and oxygen atoms in total. The van der Waals surface area contributed by atoms with Gasteiger partial charge in [0.1, 0.15) is 11.5 Å². The van der Waals surface area contributed by atoms with E-state index in [2.05, 4.69) is 10.5 Å². The average Bonchev–Trinajstić information content (AvgIpc) is 2.54. The Bertz CT molecular complexity index is 789. The first-order chi connectivity index (χ1) is 11.5. The number of carbonyl (C=O) groups is 1. The Morgan fingerprint density at radius 2 is 2.17 bits per heavy atom. The molecule has 0 unspecified atom stereocenters. The topological polar surface area (TPSA) is 114 Å². The van der Waals surface area contributed by atoms with Gasteiger partial charge >= 0.3 is 0 Å². The maximum absolute atomic E-state index is 11.6. The molecule has 2 N–H and O–H groups in total. The molecule has 1 amide bonds. The lowest BCUT2D eigenvalue weighted by Crippen LogP contribution is -2.24. The largest absolute Gasteiger partial charge is 0.507 e. The van der Waals surface area contributed by atoms with Gasteiger partial charge in [0.05, 0.1) is 11.1 Å². The van der Waals surface area contributed by atoms with Gasteiger partial charge in [-0.2, -0.15) is 5.10 Å². The first-order valence-corrected chi connectivity index (χ1v) is 6.94. The minimum absolute atomic E-state index is 0.115. The van der Waals surface area contributed by atoms with Gasteiger partial charge in [0.2, 0.25) is 0 Å². The maximum atomic E-state index is 11.6. The van der Waals surface area contributed by atoms with Crippen molar-refractivity contribution in [2.75, 3.05) is 6.61 Å². The predicted molar refractivity (Wildman–Crippen MR) is 87.2 cm³/mol. The fourth-order valence-corrected chi connectivity index (χ4v) is 1.82. The summed E-state index contributed by atoms with van der Waals surface area (Å²) >= 11 is 0. The third-order valence-electron chi connectivity index (χ3n) is 2.97. The van der Waals surface area contributed by atoms with Crippen LogP contribution in [-0.4, -0.2) is 28.8 Å². The van der Waals surface area contributed by atoms with Crippen molar-refractivity contribution in [1.29, 1.82) is 0 Å². The summed E-state index contributed by atoms with van der Waals surface area (Å²) in [5.74, 6) is -0.127. The van der Waals surface area contributed by atoms with E-state index in [4.69, 9.17) is 4.74 Å². The van der Waals surface area contributed by atoms with E-state index in [1.807, 2.05) is 19.1 Å². The summed E-state index contributed by atoms with van der Waals surface area (Å²) in [6.45, 7) is 1.67. The van der Waals surface area contributed by atoms with Crippen molar-refractivity contribution in [1.82, 2.24) is 5.43 Å². The van der Waals surface area contributed by atoms with E-state index in [1.165, 1.54) is 12.1 Å². The SMILES string of the molecule is Cc1cccc(OCC(=O)N/N=C\c2cc([N+](=O)[O-])ccc2O)c1. The molecule has 2 rings (SSSR count). The van der Waals surface area contributed by atoms with Gasteiger partial charge in [-0.25, -0.2) is 5.43 Å². The number of phenolic OH excluding ortho intramolecular Hbond substituents is 1. The van der Waals surface area contributed by atoms with E-state index >= 15 is 0 Å².